The lowest BCUT2D eigenvalue weighted by atomic mass is 9.84. The molecule has 2 aliphatic heterocycles. The highest BCUT2D eigenvalue weighted by molar-refractivity contribution is 9.10. The molecular weight excluding hydrogens is 1090 g/mol. The Hall–Kier alpha value is -6.19. The summed E-state index contributed by atoms with van der Waals surface area (Å²) in [6.45, 7) is 11.1. The second-order valence-electron chi connectivity index (χ2n) is 20.9. The lowest BCUT2D eigenvalue weighted by Gasteiger charge is -2.35. The number of aliphatic hydroxyl groups excluding tert-OH is 1. The number of ether oxygens (including phenoxy) is 4. The van der Waals surface area contributed by atoms with Crippen LogP contribution in [0.1, 0.15) is 105 Å². The largest absolute Gasteiger partial charge is 0.494 e. The van der Waals surface area contributed by atoms with Crippen LogP contribution < -0.4 is 25.4 Å². The zero-order valence-electron chi connectivity index (χ0n) is 45.9. The summed E-state index contributed by atoms with van der Waals surface area (Å²) in [5.74, 6) is 1.92. The Morgan fingerprint density at radius 1 is 0.899 bits per heavy atom. The van der Waals surface area contributed by atoms with Crippen LogP contribution in [-0.2, 0) is 36.9 Å². The number of carbonyl (C=O) groups is 4. The van der Waals surface area contributed by atoms with Gasteiger partial charge in [-0.05, 0) is 128 Å². The van der Waals surface area contributed by atoms with Crippen molar-refractivity contribution in [3.8, 4) is 21.9 Å². The molecule has 2 aromatic heterocycles. The predicted octanol–water partition coefficient (Wildman–Crippen LogP) is 9.18. The maximum absolute atomic E-state index is 14.3. The Kier molecular flexibility index (Phi) is 21.9. The number of halogens is 1. The number of hydrogen-bond donors (Lipinski definition) is 4. The van der Waals surface area contributed by atoms with Gasteiger partial charge in [-0.2, -0.15) is 4.98 Å². The molecule has 1 saturated heterocycles. The number of nitrogens with zero attached hydrogens (tertiary/aromatic N) is 6. The SMILES string of the molecule is Cc1ncsc1-c1ccc(CNC(=O)[C@@H]2C[C@@H](O)CN2C(=O)C(C(C)C)N2Cc3ccccc3C2=O)c(OCCCCOCCCOCCCCOc2ccc(Nc3ncc(Br)c(NCCCN(C)C(=O)C4CCC4)n3)cc2)c1. The number of fused-ring (bicyclic) bond motifs is 1. The van der Waals surface area contributed by atoms with Gasteiger partial charge in [-0.3, -0.25) is 19.2 Å². The molecule has 1 aliphatic carbocycles. The Bertz CT molecular complexity index is 2820. The highest BCUT2D eigenvalue weighted by Gasteiger charge is 2.46. The topological polar surface area (TPSA) is 210 Å². The molecule has 4 heterocycles. The van der Waals surface area contributed by atoms with Crippen molar-refractivity contribution in [3.05, 3.63) is 105 Å². The first-order chi connectivity index (χ1) is 38.3. The summed E-state index contributed by atoms with van der Waals surface area (Å²) in [7, 11) is 1.88. The van der Waals surface area contributed by atoms with Crippen LogP contribution in [0.25, 0.3) is 10.4 Å². The highest BCUT2D eigenvalue weighted by atomic mass is 79.9. The number of nitrogens with one attached hydrogen (secondary N) is 3. The van der Waals surface area contributed by atoms with Crippen molar-refractivity contribution in [3.63, 3.8) is 0 Å². The molecule has 79 heavy (non-hydrogen) atoms. The standard InChI is InChI=1S/C59H76BrN9O9S/c1-39(2)52(69-36-44-14-5-6-17-48(44)57(69)73)58(74)68-37-46(70)33-50(68)55(71)62-34-43-19-18-42(53-40(3)64-38-79-53)32-51(43)78-31-10-8-27-76-29-13-28-75-26-7-9-30-77-47-22-20-45(21-23-47)65-59-63-35-49(60)54(66-59)61-24-12-25-67(4)56(72)41-15-11-16-41/h5-6,14,17-23,32,35,38-39,41,46,50,52,70H,7-13,15-16,24-31,33-34,36-37H2,1-4H3,(H,62,71)(H2,61,63,65,66)/t46-,50+,52?/m1/s1. The number of aliphatic hydroxyl groups is 1. The Morgan fingerprint density at radius 2 is 1.62 bits per heavy atom. The van der Waals surface area contributed by atoms with Crippen LogP contribution in [0.15, 0.2) is 82.9 Å². The van der Waals surface area contributed by atoms with E-state index in [9.17, 15) is 24.3 Å². The third-order valence-corrected chi connectivity index (χ3v) is 16.1. The molecule has 1 saturated carbocycles. The normalized spacial score (nSPS) is 16.4. The minimum Gasteiger partial charge on any atom is -0.494 e. The highest BCUT2D eigenvalue weighted by Crippen LogP contribution is 2.34. The maximum Gasteiger partial charge on any atom is 0.255 e. The second kappa shape index (κ2) is 29.3. The van der Waals surface area contributed by atoms with E-state index >= 15 is 0 Å². The van der Waals surface area contributed by atoms with E-state index in [4.69, 9.17) is 18.9 Å². The van der Waals surface area contributed by atoms with Gasteiger partial charge in [-0.15, -0.1) is 11.3 Å². The molecule has 0 spiro atoms. The molecular formula is C59H76BrN9O9S. The Morgan fingerprint density at radius 3 is 2.32 bits per heavy atom. The molecule has 2 fully saturated rings. The van der Waals surface area contributed by atoms with Gasteiger partial charge >= 0.3 is 0 Å². The second-order valence-corrected chi connectivity index (χ2v) is 22.6. The zero-order chi connectivity index (χ0) is 55.7. The average Bonchev–Trinajstić information content (AvgIpc) is 4.31. The number of aryl methyl sites for hydroxylation is 1. The van der Waals surface area contributed by atoms with Crippen LogP contribution in [0, 0.1) is 18.8 Å². The molecule has 20 heteroatoms. The van der Waals surface area contributed by atoms with E-state index in [1.165, 1.54) is 4.90 Å². The number of carbonyl (C=O) groups excluding carboxylic acids is 4. The van der Waals surface area contributed by atoms with Crippen molar-refractivity contribution >= 4 is 68.3 Å². The van der Waals surface area contributed by atoms with Crippen molar-refractivity contribution < 1.29 is 43.2 Å². The van der Waals surface area contributed by atoms with Crippen LogP contribution in [0.2, 0.25) is 0 Å². The predicted molar refractivity (Wildman–Crippen MR) is 308 cm³/mol. The van der Waals surface area contributed by atoms with Crippen molar-refractivity contribution in [1.29, 1.82) is 0 Å². The van der Waals surface area contributed by atoms with Gasteiger partial charge in [-0.25, -0.2) is 9.97 Å². The molecule has 8 rings (SSSR count). The summed E-state index contributed by atoms with van der Waals surface area (Å²) in [6, 6.07) is 19.3. The van der Waals surface area contributed by atoms with E-state index < -0.39 is 18.2 Å². The van der Waals surface area contributed by atoms with Gasteiger partial charge in [0, 0.05) is 102 Å². The van der Waals surface area contributed by atoms with E-state index in [0.717, 1.165) is 101 Å². The molecule has 0 radical (unpaired) electrons. The van der Waals surface area contributed by atoms with Gasteiger partial charge in [-0.1, -0.05) is 50.6 Å². The van der Waals surface area contributed by atoms with Crippen LogP contribution in [0.3, 0.4) is 0 Å². The van der Waals surface area contributed by atoms with Gasteiger partial charge < -0.3 is 54.7 Å². The van der Waals surface area contributed by atoms with E-state index in [-0.39, 0.29) is 55.0 Å². The van der Waals surface area contributed by atoms with Gasteiger partial charge in [0.2, 0.25) is 23.7 Å². The van der Waals surface area contributed by atoms with E-state index in [1.807, 2.05) is 98.9 Å². The lowest BCUT2D eigenvalue weighted by Crippen LogP contribution is -2.55. The first-order valence-electron chi connectivity index (χ1n) is 27.8. The summed E-state index contributed by atoms with van der Waals surface area (Å²) in [5.41, 5.74) is 6.78. The van der Waals surface area contributed by atoms with Gasteiger partial charge in [0.05, 0.1) is 39.9 Å². The third kappa shape index (κ3) is 16.2. The monoisotopic (exact) mass is 1170 g/mol. The number of hydrogen-bond acceptors (Lipinski definition) is 15. The number of thiazole rings is 1. The number of unbranched alkanes of at least 4 members (excludes halogenated alkanes) is 2. The Balaban J connectivity index is 0.686. The Labute approximate surface area is 476 Å². The molecule has 3 aromatic carbocycles. The van der Waals surface area contributed by atoms with Crippen LogP contribution in [0.4, 0.5) is 17.5 Å². The van der Waals surface area contributed by atoms with Crippen molar-refractivity contribution in [1.82, 2.24) is 35.0 Å². The molecule has 3 aliphatic rings. The molecule has 3 atom stereocenters. The molecule has 4 N–H and O–H groups in total. The number of likely N-dealkylation sites (tertiary alicyclic amines) is 1. The van der Waals surface area contributed by atoms with Gasteiger partial charge in [0.1, 0.15) is 29.4 Å². The number of benzene rings is 3. The fourth-order valence-corrected chi connectivity index (χ4v) is 11.1. The first-order valence-corrected chi connectivity index (χ1v) is 29.5. The molecule has 4 amide bonds. The summed E-state index contributed by atoms with van der Waals surface area (Å²) < 4.78 is 24.9. The first kappa shape index (κ1) is 58.9. The van der Waals surface area contributed by atoms with E-state index in [2.05, 4.69) is 46.8 Å². The zero-order valence-corrected chi connectivity index (χ0v) is 48.3. The number of aromatic nitrogens is 3. The summed E-state index contributed by atoms with van der Waals surface area (Å²) in [5, 5.41) is 20.4. The average molecular weight is 1170 g/mol. The number of anilines is 3. The van der Waals surface area contributed by atoms with Crippen molar-refractivity contribution in [2.24, 2.45) is 11.8 Å². The maximum atomic E-state index is 14.3. The fraction of sp³-hybridized carbons (Fsp3) is 0.508. The minimum atomic E-state index is -0.893. The van der Waals surface area contributed by atoms with E-state index in [0.29, 0.717) is 82.4 Å². The van der Waals surface area contributed by atoms with Crippen molar-refractivity contribution in [2.45, 2.75) is 116 Å². The summed E-state index contributed by atoms with van der Waals surface area (Å²) in [6.07, 6.45) is 9.07. The molecule has 18 nitrogen and oxygen atoms in total. The molecule has 0 bridgehead atoms. The number of rotatable bonds is 31. The quantitative estimate of drug-likeness (QED) is 0.0305. The summed E-state index contributed by atoms with van der Waals surface area (Å²) in [4.78, 5) is 73.4. The van der Waals surface area contributed by atoms with Crippen LogP contribution in [-0.4, -0.2) is 143 Å². The third-order valence-electron chi connectivity index (χ3n) is 14.6. The molecule has 1 unspecified atom stereocenters. The van der Waals surface area contributed by atoms with E-state index in [1.54, 1.807) is 28.5 Å². The number of β-amino-alcohol motifs (C(OH)–C–C–N with tert-alkyl or cyclic N) is 1. The summed E-state index contributed by atoms with van der Waals surface area (Å²) >= 11 is 5.09. The minimum absolute atomic E-state index is 0.0119. The fourth-order valence-electron chi connectivity index (χ4n) is 9.98. The van der Waals surface area contributed by atoms with Gasteiger partial charge in [0.15, 0.2) is 0 Å². The van der Waals surface area contributed by atoms with Crippen LogP contribution in [0.5, 0.6) is 11.5 Å². The van der Waals surface area contributed by atoms with Crippen LogP contribution >= 0.6 is 27.3 Å². The smallest absolute Gasteiger partial charge is 0.255 e. The van der Waals surface area contributed by atoms with Gasteiger partial charge in [0.25, 0.3) is 5.91 Å². The molecule has 5 aromatic rings. The molecule has 424 valence electrons. The number of amides is 4. The lowest BCUT2D eigenvalue weighted by molar-refractivity contribution is -0.143. The van der Waals surface area contributed by atoms with Crippen molar-refractivity contribution in [2.75, 3.05) is 77.0 Å².